The second kappa shape index (κ2) is 8.55. The van der Waals surface area contributed by atoms with Crippen LogP contribution in [0.25, 0.3) is 11.3 Å². The molecule has 160 valence electrons. The maximum Gasteiger partial charge on any atom is 0.227 e. The van der Waals surface area contributed by atoms with Crippen LogP contribution in [0.4, 0.5) is 14.5 Å². The second-order valence-electron chi connectivity index (χ2n) is 7.13. The van der Waals surface area contributed by atoms with Gasteiger partial charge in [0.2, 0.25) is 11.8 Å². The summed E-state index contributed by atoms with van der Waals surface area (Å²) >= 11 is 0. The molecule has 1 aliphatic rings. The Balaban J connectivity index is 1.36. The Hall–Kier alpha value is -3.75. The van der Waals surface area contributed by atoms with Crippen LogP contribution in [0.15, 0.2) is 53.1 Å². The highest BCUT2D eigenvalue weighted by Crippen LogP contribution is 2.27. The molecule has 1 saturated heterocycles. The minimum Gasteiger partial charge on any atom is -0.497 e. The van der Waals surface area contributed by atoms with Gasteiger partial charge in [0.1, 0.15) is 23.1 Å². The molecular formula is C22H19F2N3O4. The van der Waals surface area contributed by atoms with Crippen molar-refractivity contribution in [1.82, 2.24) is 10.5 Å². The minimum atomic E-state index is -0.769. The molecule has 1 N–H and O–H groups in total. The number of methoxy groups -OCH3 is 1. The molecule has 2 aromatic carbocycles. The van der Waals surface area contributed by atoms with E-state index in [1.807, 2.05) is 0 Å². The van der Waals surface area contributed by atoms with Crippen LogP contribution in [-0.2, 0) is 16.1 Å². The number of anilines is 1. The summed E-state index contributed by atoms with van der Waals surface area (Å²) in [5, 5.41) is 6.54. The lowest BCUT2D eigenvalue weighted by molar-refractivity contribution is -0.126. The van der Waals surface area contributed by atoms with Gasteiger partial charge in [-0.1, -0.05) is 5.16 Å². The zero-order valence-electron chi connectivity index (χ0n) is 16.6. The molecule has 0 radical (unpaired) electrons. The van der Waals surface area contributed by atoms with Crippen molar-refractivity contribution in [2.45, 2.75) is 13.0 Å². The zero-order chi connectivity index (χ0) is 22.0. The lowest BCUT2D eigenvalue weighted by Crippen LogP contribution is -2.32. The van der Waals surface area contributed by atoms with Crippen molar-refractivity contribution < 1.29 is 27.6 Å². The molecule has 0 spiro atoms. The van der Waals surface area contributed by atoms with E-state index in [1.54, 1.807) is 36.3 Å². The Morgan fingerprint density at radius 2 is 2.00 bits per heavy atom. The zero-order valence-corrected chi connectivity index (χ0v) is 16.6. The molecule has 1 atom stereocenters. The van der Waals surface area contributed by atoms with Crippen molar-refractivity contribution in [3.8, 4) is 17.1 Å². The van der Waals surface area contributed by atoms with Gasteiger partial charge < -0.3 is 19.5 Å². The van der Waals surface area contributed by atoms with E-state index in [0.717, 1.165) is 12.1 Å². The lowest BCUT2D eigenvalue weighted by atomic mass is 10.1. The molecule has 0 aliphatic carbocycles. The van der Waals surface area contributed by atoms with E-state index >= 15 is 0 Å². The lowest BCUT2D eigenvalue weighted by Gasteiger charge is -2.17. The Bertz CT molecular complexity index is 1110. The fourth-order valence-corrected chi connectivity index (χ4v) is 3.43. The minimum absolute atomic E-state index is 0.0539. The van der Waals surface area contributed by atoms with Crippen molar-refractivity contribution in [3.05, 3.63) is 65.9 Å². The highest BCUT2D eigenvalue weighted by Gasteiger charge is 2.35. The highest BCUT2D eigenvalue weighted by atomic mass is 19.1. The van der Waals surface area contributed by atoms with Gasteiger partial charge in [-0.05, 0) is 36.4 Å². The number of carbonyl (C=O) groups is 2. The molecule has 1 aromatic heterocycles. The van der Waals surface area contributed by atoms with Gasteiger partial charge in [0.05, 0.1) is 25.1 Å². The third-order valence-corrected chi connectivity index (χ3v) is 5.08. The molecule has 1 unspecified atom stereocenters. The Morgan fingerprint density at radius 1 is 1.23 bits per heavy atom. The number of nitrogens with one attached hydrogen (secondary N) is 1. The predicted octanol–water partition coefficient (Wildman–Crippen LogP) is 3.30. The van der Waals surface area contributed by atoms with Crippen molar-refractivity contribution in [1.29, 1.82) is 0 Å². The number of hydrogen-bond donors (Lipinski definition) is 1. The number of benzene rings is 2. The van der Waals surface area contributed by atoms with Gasteiger partial charge in [0, 0.05) is 30.8 Å². The van der Waals surface area contributed by atoms with E-state index in [2.05, 4.69) is 10.5 Å². The molecule has 9 heteroatoms. The molecule has 0 bridgehead atoms. The van der Waals surface area contributed by atoms with Gasteiger partial charge in [-0.2, -0.15) is 0 Å². The third-order valence-electron chi connectivity index (χ3n) is 5.08. The van der Waals surface area contributed by atoms with Crippen LogP contribution in [0.5, 0.6) is 5.75 Å². The number of nitrogens with zero attached hydrogens (tertiary/aromatic N) is 2. The molecule has 4 rings (SSSR count). The van der Waals surface area contributed by atoms with E-state index in [1.165, 1.54) is 12.1 Å². The molecule has 2 heterocycles. The first-order valence-electron chi connectivity index (χ1n) is 9.57. The van der Waals surface area contributed by atoms with Crippen LogP contribution in [0, 0.1) is 17.6 Å². The van der Waals surface area contributed by atoms with E-state index in [4.69, 9.17) is 9.26 Å². The summed E-state index contributed by atoms with van der Waals surface area (Å²) in [6, 6.07) is 11.6. The van der Waals surface area contributed by atoms with Crippen LogP contribution >= 0.6 is 0 Å². The van der Waals surface area contributed by atoms with Crippen molar-refractivity contribution in [2.75, 3.05) is 18.6 Å². The normalized spacial score (nSPS) is 15.9. The summed E-state index contributed by atoms with van der Waals surface area (Å²) in [5.74, 6) is -1.59. The number of carbonyl (C=O) groups excluding carboxylic acids is 2. The van der Waals surface area contributed by atoms with Crippen LogP contribution in [0.3, 0.4) is 0 Å². The number of aromatic nitrogens is 1. The monoisotopic (exact) mass is 427 g/mol. The van der Waals surface area contributed by atoms with E-state index in [9.17, 15) is 18.4 Å². The Kier molecular flexibility index (Phi) is 5.66. The maximum atomic E-state index is 13.9. The van der Waals surface area contributed by atoms with Gasteiger partial charge in [-0.15, -0.1) is 0 Å². The third kappa shape index (κ3) is 4.40. The van der Waals surface area contributed by atoms with Crippen molar-refractivity contribution >= 4 is 17.5 Å². The quantitative estimate of drug-likeness (QED) is 0.653. The van der Waals surface area contributed by atoms with Crippen molar-refractivity contribution in [2.24, 2.45) is 5.92 Å². The average Bonchev–Trinajstić information content (AvgIpc) is 3.39. The average molecular weight is 427 g/mol. The number of amides is 2. The van der Waals surface area contributed by atoms with E-state index in [-0.39, 0.29) is 42.6 Å². The van der Waals surface area contributed by atoms with Gasteiger partial charge in [-0.3, -0.25) is 9.59 Å². The largest absolute Gasteiger partial charge is 0.497 e. The molecule has 0 saturated carbocycles. The smallest absolute Gasteiger partial charge is 0.227 e. The molecule has 1 fully saturated rings. The highest BCUT2D eigenvalue weighted by molar-refractivity contribution is 6.00. The molecule has 1 aliphatic heterocycles. The van der Waals surface area contributed by atoms with E-state index < -0.39 is 17.6 Å². The SMILES string of the molecule is COc1ccc(N2CC(C(=O)NCc3cc(-c4ccc(F)cc4F)on3)CC2=O)cc1. The number of rotatable bonds is 6. The first-order chi connectivity index (χ1) is 14.9. The molecule has 7 nitrogen and oxygen atoms in total. The summed E-state index contributed by atoms with van der Waals surface area (Å²) in [6.45, 7) is 0.320. The van der Waals surface area contributed by atoms with Crippen LogP contribution in [0.1, 0.15) is 12.1 Å². The Labute approximate surface area is 176 Å². The summed E-state index contributed by atoms with van der Waals surface area (Å²) in [6.07, 6.45) is 0.0999. The maximum absolute atomic E-state index is 13.9. The molecular weight excluding hydrogens is 408 g/mol. The standard InChI is InChI=1S/C22H19F2N3O4/c1-30-17-5-3-16(4-6-17)27-12-13(8-21(27)28)22(29)25-11-15-10-20(31-26-15)18-7-2-14(23)9-19(18)24/h2-7,9-10,13H,8,11-12H2,1H3,(H,25,29). The summed E-state index contributed by atoms with van der Waals surface area (Å²) in [7, 11) is 1.56. The molecule has 31 heavy (non-hydrogen) atoms. The van der Waals surface area contributed by atoms with Gasteiger partial charge >= 0.3 is 0 Å². The molecule has 2 amide bonds. The summed E-state index contributed by atoms with van der Waals surface area (Å²) in [5.41, 5.74) is 1.15. The van der Waals surface area contributed by atoms with Gasteiger partial charge in [0.25, 0.3) is 0 Å². The van der Waals surface area contributed by atoms with Crippen LogP contribution < -0.4 is 15.0 Å². The summed E-state index contributed by atoms with van der Waals surface area (Å²) in [4.78, 5) is 26.5. The number of halogens is 2. The number of ether oxygens (including phenoxy) is 1. The Morgan fingerprint density at radius 3 is 2.71 bits per heavy atom. The van der Waals surface area contributed by atoms with E-state index in [0.29, 0.717) is 17.1 Å². The van der Waals surface area contributed by atoms with Crippen molar-refractivity contribution in [3.63, 3.8) is 0 Å². The molecule has 3 aromatic rings. The number of hydrogen-bond acceptors (Lipinski definition) is 5. The van der Waals surface area contributed by atoms with Gasteiger partial charge in [-0.25, -0.2) is 8.78 Å². The first kappa shape index (κ1) is 20.5. The van der Waals surface area contributed by atoms with Crippen LogP contribution in [-0.4, -0.2) is 30.6 Å². The first-order valence-corrected chi connectivity index (χ1v) is 9.57. The fraction of sp³-hybridized carbons (Fsp3) is 0.227. The van der Waals surface area contributed by atoms with Crippen LogP contribution in [0.2, 0.25) is 0 Å². The predicted molar refractivity (Wildman–Crippen MR) is 107 cm³/mol. The topological polar surface area (TPSA) is 84.7 Å². The van der Waals surface area contributed by atoms with Gasteiger partial charge in [0.15, 0.2) is 5.76 Å². The summed E-state index contributed by atoms with van der Waals surface area (Å²) < 4.78 is 37.2. The fourth-order valence-electron chi connectivity index (χ4n) is 3.43. The second-order valence-corrected chi connectivity index (χ2v) is 7.13.